The molecular weight excluding hydrogens is 326 g/mol. The molecule has 0 aromatic heterocycles. The van der Waals surface area contributed by atoms with Gasteiger partial charge in [-0.3, -0.25) is 5.84 Å². The Bertz CT molecular complexity index is 617. The molecule has 0 heterocycles. The molecule has 2 nitrogen and oxygen atoms in total. The van der Waals surface area contributed by atoms with Crippen molar-refractivity contribution in [2.45, 2.75) is 19.4 Å². The molecule has 106 valence electrons. The highest BCUT2D eigenvalue weighted by molar-refractivity contribution is 9.10. The Morgan fingerprint density at radius 3 is 2.65 bits per heavy atom. The molecule has 2 aromatic carbocycles. The van der Waals surface area contributed by atoms with Crippen LogP contribution >= 0.6 is 15.9 Å². The predicted molar refractivity (Wildman–Crippen MR) is 79.0 cm³/mol. The monoisotopic (exact) mass is 340 g/mol. The molecule has 0 radical (unpaired) electrons. The molecule has 20 heavy (non-hydrogen) atoms. The van der Waals surface area contributed by atoms with Gasteiger partial charge >= 0.3 is 0 Å². The van der Waals surface area contributed by atoms with E-state index in [-0.39, 0.29) is 4.47 Å². The number of hydrogen-bond donors (Lipinski definition) is 2. The lowest BCUT2D eigenvalue weighted by atomic mass is 9.97. The van der Waals surface area contributed by atoms with Crippen molar-refractivity contribution in [1.82, 2.24) is 5.43 Å². The van der Waals surface area contributed by atoms with Gasteiger partial charge in [-0.25, -0.2) is 14.2 Å². The van der Waals surface area contributed by atoms with Gasteiger partial charge in [0.2, 0.25) is 0 Å². The molecular formula is C15H15BrF2N2. The van der Waals surface area contributed by atoms with Gasteiger partial charge in [-0.05, 0) is 45.1 Å². The van der Waals surface area contributed by atoms with Crippen LogP contribution in [0.5, 0.6) is 0 Å². The highest BCUT2D eigenvalue weighted by Crippen LogP contribution is 2.31. The molecule has 2 rings (SSSR count). The van der Waals surface area contributed by atoms with Gasteiger partial charge in [0.1, 0.15) is 0 Å². The van der Waals surface area contributed by atoms with E-state index in [0.717, 1.165) is 23.6 Å². The lowest BCUT2D eigenvalue weighted by Crippen LogP contribution is -2.29. The lowest BCUT2D eigenvalue weighted by molar-refractivity contribution is 0.498. The summed E-state index contributed by atoms with van der Waals surface area (Å²) >= 11 is 3.09. The summed E-state index contributed by atoms with van der Waals surface area (Å²) in [7, 11) is 0. The van der Waals surface area contributed by atoms with Crippen LogP contribution in [0, 0.1) is 11.6 Å². The number of rotatable bonds is 4. The third-order valence-corrected chi connectivity index (χ3v) is 4.04. The van der Waals surface area contributed by atoms with Crippen LogP contribution in [0.1, 0.15) is 29.7 Å². The van der Waals surface area contributed by atoms with Gasteiger partial charge in [-0.1, -0.05) is 37.3 Å². The van der Waals surface area contributed by atoms with Gasteiger partial charge in [0.15, 0.2) is 11.6 Å². The zero-order valence-electron chi connectivity index (χ0n) is 11.0. The van der Waals surface area contributed by atoms with Crippen LogP contribution in [0.2, 0.25) is 0 Å². The van der Waals surface area contributed by atoms with E-state index in [4.69, 9.17) is 5.84 Å². The Morgan fingerprint density at radius 2 is 2.00 bits per heavy atom. The highest BCUT2D eigenvalue weighted by atomic mass is 79.9. The van der Waals surface area contributed by atoms with Gasteiger partial charge in [0, 0.05) is 0 Å². The highest BCUT2D eigenvalue weighted by Gasteiger charge is 2.19. The molecule has 1 unspecified atom stereocenters. The van der Waals surface area contributed by atoms with Crippen molar-refractivity contribution in [2.24, 2.45) is 5.84 Å². The smallest absolute Gasteiger partial charge is 0.173 e. The van der Waals surface area contributed by atoms with Gasteiger partial charge < -0.3 is 0 Å². The average Bonchev–Trinajstić information content (AvgIpc) is 2.48. The van der Waals surface area contributed by atoms with Crippen LogP contribution in [0.15, 0.2) is 40.9 Å². The number of aryl methyl sites for hydroxylation is 1. The first-order valence-electron chi connectivity index (χ1n) is 6.26. The summed E-state index contributed by atoms with van der Waals surface area (Å²) in [6, 6.07) is 10.0. The molecule has 5 heteroatoms. The number of halogens is 3. The summed E-state index contributed by atoms with van der Waals surface area (Å²) in [6.07, 6.45) is 0.893. The van der Waals surface area contributed by atoms with Crippen molar-refractivity contribution < 1.29 is 8.78 Å². The first-order valence-corrected chi connectivity index (χ1v) is 7.06. The number of benzene rings is 2. The van der Waals surface area contributed by atoms with Gasteiger partial charge in [0.25, 0.3) is 0 Å². The molecule has 0 aliphatic rings. The molecule has 0 saturated heterocycles. The zero-order valence-corrected chi connectivity index (χ0v) is 12.5. The fourth-order valence-corrected chi connectivity index (χ4v) is 2.67. The van der Waals surface area contributed by atoms with E-state index < -0.39 is 17.7 Å². The topological polar surface area (TPSA) is 38.0 Å². The minimum atomic E-state index is -0.908. The fourth-order valence-electron chi connectivity index (χ4n) is 2.12. The van der Waals surface area contributed by atoms with Crippen molar-refractivity contribution >= 4 is 15.9 Å². The minimum absolute atomic E-state index is 0.0855. The number of hydrogen-bond acceptors (Lipinski definition) is 2. The summed E-state index contributed by atoms with van der Waals surface area (Å²) in [5.74, 6) is 3.80. The second-order valence-electron chi connectivity index (χ2n) is 4.46. The quantitative estimate of drug-likeness (QED) is 0.504. The molecule has 0 spiro atoms. The third-order valence-electron chi connectivity index (χ3n) is 3.24. The van der Waals surface area contributed by atoms with E-state index in [1.807, 2.05) is 24.3 Å². The van der Waals surface area contributed by atoms with Crippen LogP contribution in [0.4, 0.5) is 8.78 Å². The maximum absolute atomic E-state index is 13.7. The van der Waals surface area contributed by atoms with Crippen molar-refractivity contribution in [2.75, 3.05) is 0 Å². The summed E-state index contributed by atoms with van der Waals surface area (Å²) in [5.41, 5.74) is 5.27. The minimum Gasteiger partial charge on any atom is -0.271 e. The molecule has 0 amide bonds. The van der Waals surface area contributed by atoms with E-state index in [9.17, 15) is 8.78 Å². The van der Waals surface area contributed by atoms with E-state index >= 15 is 0 Å². The van der Waals surface area contributed by atoms with Crippen LogP contribution in [-0.2, 0) is 6.42 Å². The zero-order chi connectivity index (χ0) is 14.7. The van der Waals surface area contributed by atoms with Crippen LogP contribution in [-0.4, -0.2) is 0 Å². The standard InChI is InChI=1S/C15H15BrF2N2/c1-2-9-4-3-5-10(8-9)15(20-19)11-6-7-12(17)14(18)13(11)16/h3-8,15,20H,2,19H2,1H3. The molecule has 3 N–H and O–H groups in total. The van der Waals surface area contributed by atoms with Crippen molar-refractivity contribution in [3.63, 3.8) is 0 Å². The van der Waals surface area contributed by atoms with Crippen LogP contribution in [0.3, 0.4) is 0 Å². The second-order valence-corrected chi connectivity index (χ2v) is 5.26. The molecule has 0 saturated carbocycles. The summed E-state index contributed by atoms with van der Waals surface area (Å²) in [5, 5.41) is 0. The second kappa shape index (κ2) is 6.43. The number of nitrogens with two attached hydrogens (primary N) is 1. The largest absolute Gasteiger partial charge is 0.271 e. The number of hydrazine groups is 1. The lowest BCUT2D eigenvalue weighted by Gasteiger charge is -2.19. The molecule has 2 aromatic rings. The first-order chi connectivity index (χ1) is 9.58. The Labute approximate surface area is 125 Å². The first kappa shape index (κ1) is 15.1. The molecule has 0 aliphatic heterocycles. The average molecular weight is 341 g/mol. The molecule has 0 aliphatic carbocycles. The number of nitrogens with one attached hydrogen (secondary N) is 1. The van der Waals surface area contributed by atoms with Crippen molar-refractivity contribution in [1.29, 1.82) is 0 Å². The molecule has 1 atom stereocenters. The Morgan fingerprint density at radius 1 is 1.25 bits per heavy atom. The Hall–Kier alpha value is -1.30. The fraction of sp³-hybridized carbons (Fsp3) is 0.200. The van der Waals surface area contributed by atoms with Crippen molar-refractivity contribution in [3.05, 3.63) is 69.2 Å². The SMILES string of the molecule is CCc1cccc(C(NN)c2ccc(F)c(F)c2Br)c1. The van der Waals surface area contributed by atoms with Gasteiger partial charge in [-0.2, -0.15) is 0 Å². The molecule has 0 bridgehead atoms. The van der Waals surface area contributed by atoms with Gasteiger partial charge in [-0.15, -0.1) is 0 Å². The third kappa shape index (κ3) is 2.90. The van der Waals surface area contributed by atoms with E-state index in [2.05, 4.69) is 28.3 Å². The molecule has 0 fully saturated rings. The van der Waals surface area contributed by atoms with E-state index in [1.165, 1.54) is 6.07 Å². The summed E-state index contributed by atoms with van der Waals surface area (Å²) < 4.78 is 26.9. The normalized spacial score (nSPS) is 12.4. The Balaban J connectivity index is 2.49. The van der Waals surface area contributed by atoms with Crippen LogP contribution < -0.4 is 11.3 Å². The maximum atomic E-state index is 13.7. The summed E-state index contributed by atoms with van der Waals surface area (Å²) in [4.78, 5) is 0. The van der Waals surface area contributed by atoms with Crippen molar-refractivity contribution in [3.8, 4) is 0 Å². The van der Waals surface area contributed by atoms with E-state index in [1.54, 1.807) is 0 Å². The van der Waals surface area contributed by atoms with E-state index in [0.29, 0.717) is 5.56 Å². The van der Waals surface area contributed by atoms with Crippen LogP contribution in [0.25, 0.3) is 0 Å². The van der Waals surface area contributed by atoms with Gasteiger partial charge in [0.05, 0.1) is 10.5 Å². The predicted octanol–water partition coefficient (Wildman–Crippen LogP) is 3.84. The summed E-state index contributed by atoms with van der Waals surface area (Å²) in [6.45, 7) is 2.05. The maximum Gasteiger partial charge on any atom is 0.173 e. The Kier molecular flexibility index (Phi) is 4.86.